The number of aromatic nitrogens is 1. The summed E-state index contributed by atoms with van der Waals surface area (Å²) in [7, 11) is 3.76. The number of hydrogen-bond donors (Lipinski definition) is 2. The lowest BCUT2D eigenvalue weighted by atomic mass is 9.76. The Morgan fingerprint density at radius 2 is 2.17 bits per heavy atom. The van der Waals surface area contributed by atoms with Crippen LogP contribution >= 0.6 is 0 Å². The van der Waals surface area contributed by atoms with E-state index in [1.165, 1.54) is 22.2 Å². The number of amides is 1. The maximum atomic E-state index is 11.8. The Kier molecular flexibility index (Phi) is 3.43. The van der Waals surface area contributed by atoms with Crippen LogP contribution in [0, 0.1) is 0 Å². The summed E-state index contributed by atoms with van der Waals surface area (Å²) in [6.45, 7) is 0.939. The first-order valence-electron chi connectivity index (χ1n) is 8.29. The monoisotopic (exact) mass is 313 g/mol. The molecule has 2 aromatic rings. The molecule has 1 saturated heterocycles. The minimum Gasteiger partial charge on any atom is -0.391 e. The van der Waals surface area contributed by atoms with Crippen molar-refractivity contribution in [3.63, 3.8) is 0 Å². The molecule has 1 aromatic heterocycles. The second-order valence-corrected chi connectivity index (χ2v) is 6.81. The molecule has 1 amide bonds. The molecule has 0 saturated carbocycles. The maximum Gasteiger partial charge on any atom is 0.233 e. The summed E-state index contributed by atoms with van der Waals surface area (Å²) in [6.07, 6.45) is 1.46. The second-order valence-electron chi connectivity index (χ2n) is 6.81. The van der Waals surface area contributed by atoms with E-state index in [0.717, 1.165) is 12.8 Å². The lowest BCUT2D eigenvalue weighted by Crippen LogP contribution is -2.54. The van der Waals surface area contributed by atoms with E-state index in [0.29, 0.717) is 19.1 Å². The quantitative estimate of drug-likeness (QED) is 0.870. The largest absolute Gasteiger partial charge is 0.391 e. The molecule has 0 radical (unpaired) electrons. The molecule has 1 aliphatic heterocycles. The van der Waals surface area contributed by atoms with Crippen molar-refractivity contribution in [2.45, 2.75) is 30.9 Å². The Hall–Kier alpha value is -1.85. The van der Waals surface area contributed by atoms with E-state index in [1.807, 2.05) is 0 Å². The van der Waals surface area contributed by atoms with Crippen LogP contribution in [0.4, 0.5) is 0 Å². The van der Waals surface area contributed by atoms with Crippen LogP contribution in [0.1, 0.15) is 23.6 Å². The van der Waals surface area contributed by atoms with Gasteiger partial charge in [-0.05, 0) is 24.5 Å². The highest BCUT2D eigenvalue weighted by atomic mass is 16.3. The van der Waals surface area contributed by atoms with E-state index in [2.05, 4.69) is 46.1 Å². The molecule has 2 heterocycles. The van der Waals surface area contributed by atoms with Gasteiger partial charge in [-0.1, -0.05) is 18.2 Å². The van der Waals surface area contributed by atoms with Crippen LogP contribution in [0.15, 0.2) is 24.3 Å². The summed E-state index contributed by atoms with van der Waals surface area (Å²) in [4.78, 5) is 13.9. The summed E-state index contributed by atoms with van der Waals surface area (Å²) in [5.74, 6) is 0.182. The van der Waals surface area contributed by atoms with Gasteiger partial charge >= 0.3 is 0 Å². The van der Waals surface area contributed by atoms with Crippen LogP contribution in [0.2, 0.25) is 0 Å². The zero-order chi connectivity index (χ0) is 16.1. The van der Waals surface area contributed by atoms with E-state index in [9.17, 15) is 9.90 Å². The number of aryl methyl sites for hydroxylation is 1. The van der Waals surface area contributed by atoms with Gasteiger partial charge in [0.05, 0.1) is 12.6 Å². The molecule has 122 valence electrons. The minimum absolute atomic E-state index is 0.0133. The number of hydrogen-bond acceptors (Lipinski definition) is 3. The molecular weight excluding hydrogens is 290 g/mol. The first-order chi connectivity index (χ1) is 11.1. The Morgan fingerprint density at radius 3 is 2.96 bits per heavy atom. The van der Waals surface area contributed by atoms with Gasteiger partial charge in [-0.3, -0.25) is 9.69 Å². The van der Waals surface area contributed by atoms with Gasteiger partial charge in [0.15, 0.2) is 0 Å². The average Bonchev–Trinajstić information content (AvgIpc) is 2.85. The topological polar surface area (TPSA) is 57.5 Å². The maximum absolute atomic E-state index is 11.8. The Labute approximate surface area is 135 Å². The normalized spacial score (nSPS) is 27.0. The lowest BCUT2D eigenvalue weighted by Gasteiger charge is -2.45. The van der Waals surface area contributed by atoms with E-state index in [-0.39, 0.29) is 11.8 Å². The van der Waals surface area contributed by atoms with Crippen LogP contribution in [0.25, 0.3) is 10.9 Å². The number of nitrogens with one attached hydrogen (secondary N) is 1. The van der Waals surface area contributed by atoms with Crippen molar-refractivity contribution in [2.75, 3.05) is 20.1 Å². The summed E-state index contributed by atoms with van der Waals surface area (Å²) in [5.41, 5.74) is 3.87. The highest BCUT2D eigenvalue weighted by Crippen LogP contribution is 2.43. The smallest absolute Gasteiger partial charge is 0.233 e. The molecule has 0 spiro atoms. The average molecular weight is 313 g/mol. The van der Waals surface area contributed by atoms with Crippen molar-refractivity contribution >= 4 is 16.8 Å². The number of nitrogens with zero attached hydrogens (tertiary/aromatic N) is 2. The molecule has 2 N–H and O–H groups in total. The zero-order valence-corrected chi connectivity index (χ0v) is 13.6. The Bertz CT molecular complexity index is 767. The van der Waals surface area contributed by atoms with Crippen LogP contribution in [-0.4, -0.2) is 52.8 Å². The van der Waals surface area contributed by atoms with Crippen LogP contribution < -0.4 is 5.32 Å². The molecule has 5 nitrogen and oxygen atoms in total. The fraction of sp³-hybridized carbons (Fsp3) is 0.500. The van der Waals surface area contributed by atoms with Crippen LogP contribution in [0.5, 0.6) is 0 Å². The number of aliphatic hydroxyl groups is 1. The van der Waals surface area contributed by atoms with E-state index >= 15 is 0 Å². The van der Waals surface area contributed by atoms with Gasteiger partial charge in [-0.15, -0.1) is 0 Å². The van der Waals surface area contributed by atoms with Crippen LogP contribution in [0.3, 0.4) is 0 Å². The van der Waals surface area contributed by atoms with E-state index in [1.54, 1.807) is 7.05 Å². The highest BCUT2D eigenvalue weighted by Gasteiger charge is 2.42. The number of para-hydroxylation sites is 1. The number of β-amino-alcohol motifs (C(OH)–C–C–N with tert-alkyl or cyclic N) is 1. The highest BCUT2D eigenvalue weighted by molar-refractivity contribution is 5.86. The predicted molar refractivity (Wildman–Crippen MR) is 89.4 cm³/mol. The summed E-state index contributed by atoms with van der Waals surface area (Å²) < 4.78 is 2.25. The molecule has 1 aromatic carbocycles. The van der Waals surface area contributed by atoms with Gasteiger partial charge < -0.3 is 15.0 Å². The Balaban J connectivity index is 1.77. The van der Waals surface area contributed by atoms with Crippen molar-refractivity contribution in [3.8, 4) is 0 Å². The van der Waals surface area contributed by atoms with Crippen LogP contribution in [-0.2, 0) is 18.3 Å². The van der Waals surface area contributed by atoms with Gasteiger partial charge in [0.2, 0.25) is 5.91 Å². The molecular formula is C18H23N3O2. The number of aliphatic hydroxyl groups excluding tert-OH is 1. The molecule has 0 unspecified atom stereocenters. The van der Waals surface area contributed by atoms with Gasteiger partial charge in [0, 0.05) is 49.2 Å². The number of piperidine rings is 1. The third kappa shape index (κ3) is 2.18. The minimum atomic E-state index is -0.419. The molecule has 5 heteroatoms. The van der Waals surface area contributed by atoms with Gasteiger partial charge in [-0.2, -0.15) is 0 Å². The van der Waals surface area contributed by atoms with Crippen molar-refractivity contribution in [1.29, 1.82) is 0 Å². The zero-order valence-electron chi connectivity index (χ0n) is 13.6. The summed E-state index contributed by atoms with van der Waals surface area (Å²) in [5, 5.41) is 14.7. The summed E-state index contributed by atoms with van der Waals surface area (Å²) in [6, 6.07) is 8.79. The molecule has 23 heavy (non-hydrogen) atoms. The first-order valence-corrected chi connectivity index (χ1v) is 8.29. The molecule has 3 atom stereocenters. The Morgan fingerprint density at radius 1 is 1.39 bits per heavy atom. The molecule has 2 bridgehead atoms. The molecule has 1 fully saturated rings. The fourth-order valence-electron chi connectivity index (χ4n) is 4.49. The second kappa shape index (κ2) is 5.35. The van der Waals surface area contributed by atoms with Gasteiger partial charge in [0.25, 0.3) is 0 Å². The van der Waals surface area contributed by atoms with Crippen molar-refractivity contribution < 1.29 is 9.90 Å². The fourth-order valence-corrected chi connectivity index (χ4v) is 4.49. The third-order valence-electron chi connectivity index (χ3n) is 5.61. The predicted octanol–water partition coefficient (Wildman–Crippen LogP) is 0.999. The number of rotatable bonds is 2. The van der Waals surface area contributed by atoms with Crippen molar-refractivity contribution in [3.05, 3.63) is 35.5 Å². The first kappa shape index (κ1) is 14.7. The SMILES string of the molecule is CNC(=O)CN1C[C@@H](O)[C@H]2C[C@@H]1Cc1c2n(C)c2ccccc12. The van der Waals surface area contributed by atoms with Crippen molar-refractivity contribution in [2.24, 2.45) is 7.05 Å². The number of fused-ring (bicyclic) bond motifs is 6. The molecule has 1 aliphatic carbocycles. The van der Waals surface area contributed by atoms with E-state index in [4.69, 9.17) is 0 Å². The third-order valence-corrected chi connectivity index (χ3v) is 5.61. The summed E-state index contributed by atoms with van der Waals surface area (Å²) >= 11 is 0. The molecule has 4 rings (SSSR count). The standard InChI is InChI=1S/C18H23N3O2/c1-19-17(23)10-21-9-16(22)14-8-11(21)7-13-12-5-3-4-6-15(12)20(2)18(13)14/h3-6,11,14,16,22H,7-10H2,1-2H3,(H,19,23)/t11-,14+,16+/m0/s1. The van der Waals surface area contributed by atoms with E-state index < -0.39 is 6.10 Å². The molecule has 2 aliphatic rings. The van der Waals surface area contributed by atoms with Crippen molar-refractivity contribution in [1.82, 2.24) is 14.8 Å². The van der Waals surface area contributed by atoms with Gasteiger partial charge in [0.1, 0.15) is 0 Å². The number of carbonyl (C=O) groups excluding carboxylic acids is 1. The number of carbonyl (C=O) groups is 1. The number of benzene rings is 1. The number of likely N-dealkylation sites (tertiary alicyclic amines) is 1. The van der Waals surface area contributed by atoms with Gasteiger partial charge in [-0.25, -0.2) is 0 Å². The number of likely N-dealkylation sites (N-methyl/N-ethyl adjacent to an activating group) is 1. The lowest BCUT2D eigenvalue weighted by molar-refractivity contribution is -0.123.